The van der Waals surface area contributed by atoms with Gasteiger partial charge in [0.05, 0.1) is 4.90 Å². The molecule has 1 unspecified atom stereocenters. The molecule has 0 amide bonds. The van der Waals surface area contributed by atoms with Crippen molar-refractivity contribution >= 4 is 11.1 Å². The second-order valence-corrected chi connectivity index (χ2v) is 7.91. The average Bonchev–Trinajstić information content (AvgIpc) is 2.17. The highest BCUT2D eigenvalue weighted by Crippen LogP contribution is 2.39. The molecule has 0 fully saturated rings. The topological polar surface area (TPSA) is 60.4 Å². The number of phenolic OH excluding ortho intramolecular Hbond substituents is 1. The van der Waals surface area contributed by atoms with Crippen LogP contribution in [0.4, 0.5) is 0 Å². The molecule has 1 N–H and O–H groups in total. The Morgan fingerprint density at radius 1 is 1.21 bits per heavy atom. The zero-order valence-corrected chi connectivity index (χ0v) is 13.4. The van der Waals surface area contributed by atoms with Crippen molar-refractivity contribution in [2.75, 3.05) is 0 Å². The molecule has 0 radical (unpaired) electrons. The fourth-order valence-corrected chi connectivity index (χ4v) is 3.23. The Morgan fingerprint density at radius 3 is 2.16 bits per heavy atom. The minimum atomic E-state index is -2.42. The highest BCUT2D eigenvalue weighted by molar-refractivity contribution is 7.79. The lowest BCUT2D eigenvalue weighted by atomic mass is 9.72. The molecule has 1 rings (SSSR count). The van der Waals surface area contributed by atoms with Gasteiger partial charge in [-0.2, -0.15) is 0 Å². The fourth-order valence-electron chi connectivity index (χ4n) is 2.69. The van der Waals surface area contributed by atoms with Gasteiger partial charge in [0.25, 0.3) is 0 Å². The van der Waals surface area contributed by atoms with E-state index in [2.05, 4.69) is 34.6 Å². The standard InChI is InChI=1S/C15H24O3S/c1-10-7-11(8-12(13(10)16)19(17)18)15(5,6)9-14(2,3)4/h7-8,16H,9H2,1-6H3,(H,17,18)/p-1. The van der Waals surface area contributed by atoms with Crippen LogP contribution >= 0.6 is 0 Å². The lowest BCUT2D eigenvalue weighted by molar-refractivity contribution is 0.283. The van der Waals surface area contributed by atoms with Gasteiger partial charge in [-0.15, -0.1) is 0 Å². The van der Waals surface area contributed by atoms with E-state index in [4.69, 9.17) is 0 Å². The minimum Gasteiger partial charge on any atom is -0.768 e. The third-order valence-corrected chi connectivity index (χ3v) is 3.87. The number of rotatable bonds is 3. The predicted molar refractivity (Wildman–Crippen MR) is 77.1 cm³/mol. The number of hydrogen-bond donors (Lipinski definition) is 1. The molecular weight excluding hydrogens is 260 g/mol. The SMILES string of the molecule is Cc1cc(C(C)(C)CC(C)(C)C)cc(S(=O)[O-])c1O. The lowest BCUT2D eigenvalue weighted by Gasteiger charge is -2.33. The van der Waals surface area contributed by atoms with Gasteiger partial charge in [-0.3, -0.25) is 4.21 Å². The first-order valence-corrected chi connectivity index (χ1v) is 7.45. The Morgan fingerprint density at radius 2 is 1.74 bits per heavy atom. The lowest BCUT2D eigenvalue weighted by Crippen LogP contribution is -2.25. The van der Waals surface area contributed by atoms with Crippen molar-refractivity contribution in [3.8, 4) is 5.75 Å². The van der Waals surface area contributed by atoms with Crippen molar-refractivity contribution in [1.29, 1.82) is 0 Å². The molecule has 0 saturated carbocycles. The maximum Gasteiger partial charge on any atom is 0.133 e. The first-order valence-electron chi connectivity index (χ1n) is 6.37. The third-order valence-electron chi connectivity index (χ3n) is 3.20. The van der Waals surface area contributed by atoms with E-state index in [1.807, 2.05) is 6.07 Å². The van der Waals surface area contributed by atoms with Crippen LogP contribution in [0.1, 0.15) is 52.2 Å². The van der Waals surface area contributed by atoms with Gasteiger partial charge in [0, 0.05) is 0 Å². The average molecular weight is 283 g/mol. The van der Waals surface area contributed by atoms with Gasteiger partial charge in [0.15, 0.2) is 0 Å². The van der Waals surface area contributed by atoms with Gasteiger partial charge in [-0.25, -0.2) is 0 Å². The number of phenols is 1. The molecule has 0 aromatic heterocycles. The molecule has 0 aliphatic rings. The number of benzene rings is 1. The first kappa shape index (κ1) is 16.2. The van der Waals surface area contributed by atoms with Gasteiger partial charge in [-0.1, -0.05) is 40.7 Å². The van der Waals surface area contributed by atoms with Crippen molar-refractivity contribution in [1.82, 2.24) is 0 Å². The molecule has 4 heteroatoms. The van der Waals surface area contributed by atoms with Crippen LogP contribution in [0, 0.1) is 12.3 Å². The molecule has 0 aliphatic heterocycles. The van der Waals surface area contributed by atoms with Crippen molar-refractivity contribution in [3.05, 3.63) is 23.3 Å². The van der Waals surface area contributed by atoms with Crippen LogP contribution in [0.2, 0.25) is 0 Å². The van der Waals surface area contributed by atoms with Crippen LogP contribution in [0.3, 0.4) is 0 Å². The molecule has 1 aromatic rings. The Kier molecular flexibility index (Phi) is 4.47. The van der Waals surface area contributed by atoms with Gasteiger partial charge in [-0.05, 0) is 52.4 Å². The van der Waals surface area contributed by atoms with Gasteiger partial charge >= 0.3 is 0 Å². The summed E-state index contributed by atoms with van der Waals surface area (Å²) in [6.45, 7) is 12.4. The van der Waals surface area contributed by atoms with E-state index in [1.54, 1.807) is 13.0 Å². The largest absolute Gasteiger partial charge is 0.768 e. The molecule has 108 valence electrons. The monoisotopic (exact) mass is 283 g/mol. The second-order valence-electron chi connectivity index (χ2n) is 7.00. The Bertz CT molecular complexity index is 499. The van der Waals surface area contributed by atoms with Crippen LogP contribution in [0.15, 0.2) is 17.0 Å². The molecule has 1 aromatic carbocycles. The summed E-state index contributed by atoms with van der Waals surface area (Å²) < 4.78 is 22.4. The van der Waals surface area contributed by atoms with Crippen LogP contribution in [0.5, 0.6) is 5.75 Å². The van der Waals surface area contributed by atoms with Gasteiger partial charge < -0.3 is 9.66 Å². The van der Waals surface area contributed by atoms with E-state index in [-0.39, 0.29) is 21.5 Å². The Balaban J connectivity index is 3.32. The number of aryl methyl sites for hydroxylation is 1. The maximum absolute atomic E-state index is 11.2. The maximum atomic E-state index is 11.2. The van der Waals surface area contributed by atoms with Crippen LogP contribution in [-0.4, -0.2) is 13.9 Å². The molecule has 0 bridgehead atoms. The summed E-state index contributed by atoms with van der Waals surface area (Å²) in [5.74, 6) is -0.149. The van der Waals surface area contributed by atoms with E-state index in [1.165, 1.54) is 0 Å². The summed E-state index contributed by atoms with van der Waals surface area (Å²) in [5, 5.41) is 9.80. The Hall–Kier alpha value is -0.870. The summed E-state index contributed by atoms with van der Waals surface area (Å²) >= 11 is -2.42. The van der Waals surface area contributed by atoms with E-state index in [9.17, 15) is 13.9 Å². The zero-order valence-electron chi connectivity index (χ0n) is 12.5. The molecule has 19 heavy (non-hydrogen) atoms. The molecule has 0 spiro atoms. The van der Waals surface area contributed by atoms with Crippen LogP contribution in [0.25, 0.3) is 0 Å². The van der Waals surface area contributed by atoms with E-state index >= 15 is 0 Å². The Labute approximate surface area is 118 Å². The predicted octanol–water partition coefficient (Wildman–Crippen LogP) is 3.65. The van der Waals surface area contributed by atoms with Crippen molar-refractivity contribution < 1.29 is 13.9 Å². The summed E-state index contributed by atoms with van der Waals surface area (Å²) in [7, 11) is 0. The quantitative estimate of drug-likeness (QED) is 0.861. The number of hydrogen-bond acceptors (Lipinski definition) is 3. The first-order chi connectivity index (χ1) is 8.44. The molecule has 0 saturated heterocycles. The summed E-state index contributed by atoms with van der Waals surface area (Å²) in [5.41, 5.74) is 1.53. The van der Waals surface area contributed by atoms with E-state index in [0.717, 1.165) is 12.0 Å². The second kappa shape index (κ2) is 5.25. The number of aromatic hydroxyl groups is 1. The highest BCUT2D eigenvalue weighted by atomic mass is 32.2. The van der Waals surface area contributed by atoms with Crippen molar-refractivity contribution in [3.63, 3.8) is 0 Å². The zero-order chi connectivity index (χ0) is 15.0. The molecule has 0 aliphatic carbocycles. The summed E-state index contributed by atoms with van der Waals surface area (Å²) in [4.78, 5) is -0.0167. The normalized spacial score (nSPS) is 14.5. The van der Waals surface area contributed by atoms with Gasteiger partial charge in [0.1, 0.15) is 5.75 Å². The summed E-state index contributed by atoms with van der Waals surface area (Å²) in [6, 6.07) is 3.45. The van der Waals surface area contributed by atoms with Crippen molar-refractivity contribution in [2.45, 2.75) is 58.3 Å². The molecular formula is C15H23O3S-. The van der Waals surface area contributed by atoms with E-state index < -0.39 is 11.1 Å². The smallest absolute Gasteiger partial charge is 0.133 e. The third kappa shape index (κ3) is 4.05. The van der Waals surface area contributed by atoms with Gasteiger partial charge in [0.2, 0.25) is 0 Å². The fraction of sp³-hybridized carbons (Fsp3) is 0.600. The molecule has 1 atom stereocenters. The molecule has 0 heterocycles. The van der Waals surface area contributed by atoms with Crippen molar-refractivity contribution in [2.24, 2.45) is 5.41 Å². The van der Waals surface area contributed by atoms with Crippen LogP contribution < -0.4 is 0 Å². The molecule has 3 nitrogen and oxygen atoms in total. The van der Waals surface area contributed by atoms with E-state index in [0.29, 0.717) is 5.56 Å². The highest BCUT2D eigenvalue weighted by Gasteiger charge is 2.28. The minimum absolute atomic E-state index is 0.0167. The van der Waals surface area contributed by atoms with Crippen LogP contribution in [-0.2, 0) is 16.5 Å². The summed E-state index contributed by atoms with van der Waals surface area (Å²) in [6.07, 6.45) is 0.926.